The lowest BCUT2D eigenvalue weighted by molar-refractivity contribution is -0.873. The number of carbonyl (C=O) groups excluding carboxylic acids is 1. The Balaban J connectivity index is 0.00000144. The standard InChI is InChI=1S/C7H14ClN2O2.ClH/c1-10(2,3)5-6-4-9(8)7(11)12-6;/h6H,4-5H2,1-3H3;1H/q+1;/p-1. The molecular weight excluding hydrogens is 215 g/mol. The van der Waals surface area contributed by atoms with Gasteiger partial charge in [0.25, 0.3) is 0 Å². The van der Waals surface area contributed by atoms with Crippen LogP contribution < -0.4 is 12.4 Å². The van der Waals surface area contributed by atoms with Crippen LogP contribution in [-0.2, 0) is 4.74 Å². The molecule has 1 aliphatic rings. The second-order valence-corrected chi connectivity index (χ2v) is 4.43. The third-order valence-corrected chi connectivity index (χ3v) is 1.86. The fourth-order valence-corrected chi connectivity index (χ4v) is 1.39. The zero-order chi connectivity index (χ0) is 9.35. The number of rotatable bonds is 2. The van der Waals surface area contributed by atoms with Crippen LogP contribution in [-0.4, -0.2) is 55.3 Å². The first kappa shape index (κ1) is 12.8. The molecule has 78 valence electrons. The second-order valence-electron chi connectivity index (χ2n) is 4.02. The first-order valence-corrected chi connectivity index (χ1v) is 4.17. The molecule has 1 unspecified atom stereocenters. The molecule has 0 radical (unpaired) electrons. The minimum Gasteiger partial charge on any atom is -1.00 e. The van der Waals surface area contributed by atoms with Gasteiger partial charge in [-0.2, -0.15) is 0 Å². The van der Waals surface area contributed by atoms with E-state index in [0.29, 0.717) is 6.54 Å². The predicted octanol–water partition coefficient (Wildman–Crippen LogP) is -2.33. The average Bonchev–Trinajstić information content (AvgIpc) is 2.07. The molecule has 13 heavy (non-hydrogen) atoms. The van der Waals surface area contributed by atoms with Crippen molar-refractivity contribution in [2.45, 2.75) is 6.10 Å². The molecule has 4 nitrogen and oxygen atoms in total. The van der Waals surface area contributed by atoms with Crippen LogP contribution in [0.4, 0.5) is 4.79 Å². The number of nitrogens with zero attached hydrogens (tertiary/aromatic N) is 2. The number of quaternary nitrogens is 1. The third kappa shape index (κ3) is 4.02. The fourth-order valence-electron chi connectivity index (χ4n) is 1.20. The summed E-state index contributed by atoms with van der Waals surface area (Å²) in [5, 5.41) is 0. The van der Waals surface area contributed by atoms with Crippen LogP contribution in [0.1, 0.15) is 0 Å². The first-order chi connectivity index (χ1) is 5.38. The summed E-state index contributed by atoms with van der Waals surface area (Å²) in [5.74, 6) is 0. The van der Waals surface area contributed by atoms with Crippen LogP contribution in [0.3, 0.4) is 0 Å². The topological polar surface area (TPSA) is 29.5 Å². The van der Waals surface area contributed by atoms with Crippen molar-refractivity contribution < 1.29 is 26.4 Å². The maximum absolute atomic E-state index is 10.8. The number of hydrogen-bond acceptors (Lipinski definition) is 2. The number of ether oxygens (including phenoxy) is 1. The molecule has 0 N–H and O–H groups in total. The van der Waals surface area contributed by atoms with Gasteiger partial charge >= 0.3 is 6.09 Å². The molecule has 0 spiro atoms. The van der Waals surface area contributed by atoms with E-state index >= 15 is 0 Å². The molecular formula is C7H14Cl2N2O2. The zero-order valence-electron chi connectivity index (χ0n) is 7.96. The molecule has 1 heterocycles. The van der Waals surface area contributed by atoms with Crippen molar-refractivity contribution in [3.63, 3.8) is 0 Å². The van der Waals surface area contributed by atoms with Crippen LogP contribution in [0.15, 0.2) is 0 Å². The van der Waals surface area contributed by atoms with Gasteiger partial charge in [0.1, 0.15) is 6.54 Å². The van der Waals surface area contributed by atoms with Crippen molar-refractivity contribution in [2.75, 3.05) is 34.2 Å². The highest BCUT2D eigenvalue weighted by Crippen LogP contribution is 2.14. The Morgan fingerprint density at radius 2 is 2.15 bits per heavy atom. The highest BCUT2D eigenvalue weighted by atomic mass is 35.5. The van der Waals surface area contributed by atoms with Crippen LogP contribution >= 0.6 is 11.8 Å². The lowest BCUT2D eigenvalue weighted by atomic mass is 10.3. The van der Waals surface area contributed by atoms with E-state index in [4.69, 9.17) is 16.5 Å². The normalized spacial score (nSPS) is 22.6. The number of halogens is 2. The summed E-state index contributed by atoms with van der Waals surface area (Å²) in [7, 11) is 6.14. The summed E-state index contributed by atoms with van der Waals surface area (Å²) < 4.78 is 6.84. The Hall–Kier alpha value is -0.190. The molecule has 1 amide bonds. The van der Waals surface area contributed by atoms with E-state index in [1.165, 1.54) is 0 Å². The predicted molar refractivity (Wildman–Crippen MR) is 45.7 cm³/mol. The number of likely N-dealkylation sites (N-methyl/N-ethyl adjacent to an activating group) is 1. The molecule has 1 rings (SSSR count). The van der Waals surface area contributed by atoms with Gasteiger partial charge in [0.15, 0.2) is 6.10 Å². The molecule has 0 aliphatic carbocycles. The van der Waals surface area contributed by atoms with E-state index in [0.717, 1.165) is 15.4 Å². The van der Waals surface area contributed by atoms with E-state index in [1.54, 1.807) is 0 Å². The molecule has 1 fully saturated rings. The van der Waals surface area contributed by atoms with E-state index in [1.807, 2.05) is 21.1 Å². The quantitative estimate of drug-likeness (QED) is 0.392. The zero-order valence-corrected chi connectivity index (χ0v) is 9.47. The van der Waals surface area contributed by atoms with Crippen molar-refractivity contribution in [2.24, 2.45) is 0 Å². The molecule has 0 aromatic heterocycles. The van der Waals surface area contributed by atoms with Gasteiger partial charge in [-0.25, -0.2) is 9.21 Å². The van der Waals surface area contributed by atoms with E-state index in [2.05, 4.69) is 0 Å². The monoisotopic (exact) mass is 228 g/mol. The minimum absolute atomic E-state index is 0. The molecule has 0 saturated carbocycles. The summed E-state index contributed by atoms with van der Waals surface area (Å²) >= 11 is 5.54. The summed E-state index contributed by atoms with van der Waals surface area (Å²) in [5.41, 5.74) is 0. The summed E-state index contributed by atoms with van der Waals surface area (Å²) in [6.07, 6.45) is -0.509. The molecule has 1 aliphatic heterocycles. The molecule has 0 aromatic rings. The Bertz CT molecular complexity index is 193. The van der Waals surface area contributed by atoms with E-state index in [-0.39, 0.29) is 18.5 Å². The Labute approximate surface area is 89.5 Å². The molecule has 0 bridgehead atoms. The van der Waals surface area contributed by atoms with Gasteiger partial charge in [0.05, 0.1) is 27.7 Å². The first-order valence-electron chi connectivity index (χ1n) is 3.83. The Kier molecular flexibility index (Phi) is 4.29. The van der Waals surface area contributed by atoms with Gasteiger partial charge in [0, 0.05) is 11.8 Å². The van der Waals surface area contributed by atoms with Gasteiger partial charge in [-0.1, -0.05) is 0 Å². The van der Waals surface area contributed by atoms with Crippen molar-refractivity contribution >= 4 is 17.9 Å². The van der Waals surface area contributed by atoms with Crippen LogP contribution in [0.2, 0.25) is 0 Å². The maximum Gasteiger partial charge on any atom is 0.425 e. The maximum atomic E-state index is 10.8. The second kappa shape index (κ2) is 4.35. The van der Waals surface area contributed by atoms with Gasteiger partial charge in [-0.15, -0.1) is 0 Å². The van der Waals surface area contributed by atoms with Gasteiger partial charge in [-0.05, 0) is 0 Å². The number of carbonyl (C=O) groups is 1. The molecule has 1 saturated heterocycles. The van der Waals surface area contributed by atoms with Crippen LogP contribution in [0, 0.1) is 0 Å². The third-order valence-electron chi connectivity index (χ3n) is 1.58. The summed E-state index contributed by atoms with van der Waals surface area (Å²) in [4.78, 5) is 10.8. The highest BCUT2D eigenvalue weighted by molar-refractivity contribution is 6.20. The largest absolute Gasteiger partial charge is 1.00 e. The molecule has 1 atom stereocenters. The number of hydrogen-bond donors (Lipinski definition) is 0. The van der Waals surface area contributed by atoms with E-state index < -0.39 is 6.09 Å². The summed E-state index contributed by atoms with van der Waals surface area (Å²) in [6.45, 7) is 1.27. The summed E-state index contributed by atoms with van der Waals surface area (Å²) in [6, 6.07) is 0. The number of cyclic esters (lactones) is 1. The Morgan fingerprint density at radius 3 is 2.46 bits per heavy atom. The van der Waals surface area contributed by atoms with Crippen molar-refractivity contribution in [3.8, 4) is 0 Å². The van der Waals surface area contributed by atoms with E-state index in [9.17, 15) is 4.79 Å². The number of amides is 1. The van der Waals surface area contributed by atoms with Crippen molar-refractivity contribution in [3.05, 3.63) is 0 Å². The molecule has 0 aromatic carbocycles. The average molecular weight is 229 g/mol. The lowest BCUT2D eigenvalue weighted by Gasteiger charge is -2.25. The van der Waals surface area contributed by atoms with Gasteiger partial charge < -0.3 is 21.6 Å². The smallest absolute Gasteiger partial charge is 0.425 e. The Morgan fingerprint density at radius 1 is 1.62 bits per heavy atom. The van der Waals surface area contributed by atoms with Crippen LogP contribution in [0.5, 0.6) is 0 Å². The van der Waals surface area contributed by atoms with Crippen LogP contribution in [0.25, 0.3) is 0 Å². The van der Waals surface area contributed by atoms with Gasteiger partial charge in [0.2, 0.25) is 0 Å². The SMILES string of the molecule is C[N+](C)(C)CC1CN(Cl)C(=O)O1.[Cl-]. The lowest BCUT2D eigenvalue weighted by Crippen LogP contribution is -3.00. The van der Waals surface area contributed by atoms with Crippen molar-refractivity contribution in [1.29, 1.82) is 0 Å². The minimum atomic E-state index is -0.435. The fraction of sp³-hybridized carbons (Fsp3) is 0.857. The molecule has 6 heteroatoms. The van der Waals surface area contributed by atoms with Crippen molar-refractivity contribution in [1.82, 2.24) is 4.42 Å². The highest BCUT2D eigenvalue weighted by Gasteiger charge is 2.33. The van der Waals surface area contributed by atoms with Gasteiger partial charge in [-0.3, -0.25) is 0 Å².